The van der Waals surface area contributed by atoms with Gasteiger partial charge in [0.2, 0.25) is 0 Å². The van der Waals surface area contributed by atoms with Crippen LogP contribution in [0.3, 0.4) is 0 Å². The number of aromatic nitrogens is 1. The van der Waals surface area contributed by atoms with E-state index in [-0.39, 0.29) is 11.3 Å². The molecule has 2 aliphatic heterocycles. The summed E-state index contributed by atoms with van der Waals surface area (Å²) in [5.41, 5.74) is 8.46. The molecule has 7 heteroatoms. The summed E-state index contributed by atoms with van der Waals surface area (Å²) in [5.74, 6) is -0.474. The first-order chi connectivity index (χ1) is 14.2. The fraction of sp³-hybridized carbons (Fsp3) is 0.478. The van der Waals surface area contributed by atoms with Gasteiger partial charge in [-0.1, -0.05) is 11.6 Å². The zero-order chi connectivity index (χ0) is 21.5. The van der Waals surface area contributed by atoms with Gasteiger partial charge >= 0.3 is 0 Å². The number of nitrogens with two attached hydrogens (primary N) is 1. The van der Waals surface area contributed by atoms with Gasteiger partial charge < -0.3 is 10.5 Å². The van der Waals surface area contributed by atoms with Gasteiger partial charge in [-0.3, -0.25) is 9.69 Å². The Balaban J connectivity index is 1.63. The Hall–Kier alpha value is -2.02. The van der Waals surface area contributed by atoms with Crippen LogP contribution in [0.5, 0.6) is 0 Å². The molecule has 3 heterocycles. The molecule has 1 fully saturated rings. The number of benzene rings is 1. The van der Waals surface area contributed by atoms with E-state index in [1.165, 1.54) is 6.07 Å². The van der Waals surface area contributed by atoms with E-state index in [1.54, 1.807) is 18.2 Å². The molecule has 1 aromatic heterocycles. The largest absolute Gasteiger partial charge is 0.376 e. The van der Waals surface area contributed by atoms with Gasteiger partial charge in [-0.2, -0.15) is 0 Å². The van der Waals surface area contributed by atoms with E-state index >= 15 is 0 Å². The molecule has 0 saturated carbocycles. The van der Waals surface area contributed by atoms with Crippen molar-refractivity contribution in [2.24, 2.45) is 11.7 Å². The molecular formula is C23H27ClFN3O2. The van der Waals surface area contributed by atoms with Crippen molar-refractivity contribution in [3.63, 3.8) is 0 Å². The highest BCUT2D eigenvalue weighted by Gasteiger charge is 2.31. The second-order valence-electron chi connectivity index (χ2n) is 8.92. The maximum atomic E-state index is 14.7. The summed E-state index contributed by atoms with van der Waals surface area (Å²) in [6.45, 7) is 7.50. The molecule has 2 N–H and O–H groups in total. The third-order valence-corrected chi connectivity index (χ3v) is 6.29. The van der Waals surface area contributed by atoms with Crippen molar-refractivity contribution in [2.75, 3.05) is 19.7 Å². The standard InChI is InChI=1S/C23H27ClFN3O2/c1-23(2)11-14(6-8-30-23)12-28-7-5-17-18(16-4-3-15(24)9-19(16)25)10-20(22(26)29)27-21(17)13-28/h3-4,9-10,14H,5-8,11-13H2,1-2H3,(H2,26,29)/t14-/m0/s1. The van der Waals surface area contributed by atoms with Gasteiger partial charge in [0, 0.05) is 36.8 Å². The van der Waals surface area contributed by atoms with Crippen LogP contribution in [0.25, 0.3) is 11.1 Å². The first-order valence-corrected chi connectivity index (χ1v) is 10.7. The smallest absolute Gasteiger partial charge is 0.267 e. The number of pyridine rings is 1. The monoisotopic (exact) mass is 431 g/mol. The van der Waals surface area contributed by atoms with E-state index < -0.39 is 11.7 Å². The van der Waals surface area contributed by atoms with E-state index in [0.717, 1.165) is 50.2 Å². The summed E-state index contributed by atoms with van der Waals surface area (Å²) in [7, 11) is 0. The third kappa shape index (κ3) is 4.51. The Morgan fingerprint density at radius 2 is 2.17 bits per heavy atom. The van der Waals surface area contributed by atoms with E-state index in [2.05, 4.69) is 23.7 Å². The molecule has 1 saturated heterocycles. The van der Waals surface area contributed by atoms with Crippen LogP contribution >= 0.6 is 11.6 Å². The number of primary amides is 1. The van der Waals surface area contributed by atoms with Gasteiger partial charge in [0.1, 0.15) is 11.5 Å². The zero-order valence-corrected chi connectivity index (χ0v) is 18.1. The SMILES string of the molecule is CC1(C)C[C@@H](CN2CCc3c(-c4ccc(Cl)cc4F)cc(C(N)=O)nc3C2)CCO1. The summed E-state index contributed by atoms with van der Waals surface area (Å²) in [5, 5.41) is 0.333. The van der Waals surface area contributed by atoms with Gasteiger partial charge in [-0.15, -0.1) is 0 Å². The quantitative estimate of drug-likeness (QED) is 0.787. The number of ether oxygens (including phenoxy) is 1. The number of carbonyl (C=O) groups excluding carboxylic acids is 1. The van der Waals surface area contributed by atoms with E-state index in [9.17, 15) is 9.18 Å². The molecule has 4 rings (SSSR count). The van der Waals surface area contributed by atoms with E-state index in [0.29, 0.717) is 28.6 Å². The molecule has 1 atom stereocenters. The minimum absolute atomic E-state index is 0.0900. The second-order valence-corrected chi connectivity index (χ2v) is 9.36. The van der Waals surface area contributed by atoms with Crippen LogP contribution in [0, 0.1) is 11.7 Å². The first-order valence-electron chi connectivity index (χ1n) is 10.4. The molecular weight excluding hydrogens is 405 g/mol. The van der Waals surface area contributed by atoms with Gasteiger partial charge in [-0.05, 0) is 74.4 Å². The highest BCUT2D eigenvalue weighted by atomic mass is 35.5. The Morgan fingerprint density at radius 1 is 1.37 bits per heavy atom. The fourth-order valence-electron chi connectivity index (χ4n) is 4.70. The lowest BCUT2D eigenvalue weighted by molar-refractivity contribution is -0.0773. The van der Waals surface area contributed by atoms with Crippen LogP contribution in [0.15, 0.2) is 24.3 Å². The maximum Gasteiger partial charge on any atom is 0.267 e. The molecule has 1 amide bonds. The average molecular weight is 432 g/mol. The third-order valence-electron chi connectivity index (χ3n) is 6.05. The van der Waals surface area contributed by atoms with Crippen molar-refractivity contribution in [3.8, 4) is 11.1 Å². The predicted molar refractivity (Wildman–Crippen MR) is 115 cm³/mol. The maximum absolute atomic E-state index is 14.7. The predicted octanol–water partition coefficient (Wildman–Crippen LogP) is 4.20. The first kappa shape index (κ1) is 21.2. The number of amides is 1. The molecule has 0 unspecified atom stereocenters. The van der Waals surface area contributed by atoms with Crippen LogP contribution in [0.1, 0.15) is 48.4 Å². The number of rotatable bonds is 4. The van der Waals surface area contributed by atoms with Gasteiger partial charge in [-0.25, -0.2) is 9.37 Å². The summed E-state index contributed by atoms with van der Waals surface area (Å²) in [6, 6.07) is 6.19. The number of hydrogen-bond donors (Lipinski definition) is 1. The molecule has 0 bridgehead atoms. The second kappa shape index (κ2) is 8.25. The number of fused-ring (bicyclic) bond motifs is 1. The molecule has 2 aliphatic rings. The van der Waals surface area contributed by atoms with Crippen LogP contribution < -0.4 is 5.73 Å². The van der Waals surface area contributed by atoms with Crippen molar-refractivity contribution < 1.29 is 13.9 Å². The highest BCUT2D eigenvalue weighted by Crippen LogP contribution is 2.34. The summed E-state index contributed by atoms with van der Waals surface area (Å²) < 4.78 is 20.5. The fourth-order valence-corrected chi connectivity index (χ4v) is 4.86. The Kier molecular flexibility index (Phi) is 5.84. The van der Waals surface area contributed by atoms with Crippen molar-refractivity contribution in [1.82, 2.24) is 9.88 Å². The lowest BCUT2D eigenvalue weighted by atomic mass is 9.87. The molecule has 0 aliphatic carbocycles. The number of nitrogens with zero attached hydrogens (tertiary/aromatic N) is 2. The lowest BCUT2D eigenvalue weighted by Crippen LogP contribution is -2.41. The molecule has 0 radical (unpaired) electrons. The lowest BCUT2D eigenvalue weighted by Gasteiger charge is -2.39. The van der Waals surface area contributed by atoms with E-state index in [4.69, 9.17) is 22.1 Å². The number of hydrogen-bond acceptors (Lipinski definition) is 4. The van der Waals surface area contributed by atoms with E-state index in [1.807, 2.05) is 0 Å². The summed E-state index contributed by atoms with van der Waals surface area (Å²) in [6.07, 6.45) is 2.81. The zero-order valence-electron chi connectivity index (χ0n) is 17.4. The molecule has 2 aromatic rings. The Morgan fingerprint density at radius 3 is 2.87 bits per heavy atom. The summed E-state index contributed by atoms with van der Waals surface area (Å²) >= 11 is 5.92. The van der Waals surface area contributed by atoms with Crippen LogP contribution in [-0.2, 0) is 17.7 Å². The molecule has 5 nitrogen and oxygen atoms in total. The molecule has 160 valence electrons. The van der Waals surface area contributed by atoms with Crippen LogP contribution in [0.4, 0.5) is 4.39 Å². The average Bonchev–Trinajstić information content (AvgIpc) is 2.66. The topological polar surface area (TPSA) is 68.5 Å². The minimum Gasteiger partial charge on any atom is -0.376 e. The van der Waals surface area contributed by atoms with Gasteiger partial charge in [0.25, 0.3) is 5.91 Å². The molecule has 0 spiro atoms. The van der Waals surface area contributed by atoms with Gasteiger partial charge in [0.05, 0.1) is 11.3 Å². The Labute approximate surface area is 181 Å². The Bertz CT molecular complexity index is 979. The van der Waals surface area contributed by atoms with Crippen molar-refractivity contribution in [1.29, 1.82) is 0 Å². The van der Waals surface area contributed by atoms with Crippen LogP contribution in [0.2, 0.25) is 5.02 Å². The van der Waals surface area contributed by atoms with Crippen molar-refractivity contribution in [2.45, 2.75) is 45.3 Å². The molecule has 30 heavy (non-hydrogen) atoms. The number of halogens is 2. The normalized spacial score (nSPS) is 21.3. The summed E-state index contributed by atoms with van der Waals surface area (Å²) in [4.78, 5) is 18.8. The van der Waals surface area contributed by atoms with Gasteiger partial charge in [0.15, 0.2) is 0 Å². The van der Waals surface area contributed by atoms with Crippen molar-refractivity contribution in [3.05, 3.63) is 52.1 Å². The van der Waals surface area contributed by atoms with Crippen molar-refractivity contribution >= 4 is 17.5 Å². The van der Waals surface area contributed by atoms with Crippen LogP contribution in [-0.4, -0.2) is 41.1 Å². The highest BCUT2D eigenvalue weighted by molar-refractivity contribution is 6.30. The minimum atomic E-state index is -0.614. The molecule has 1 aromatic carbocycles. The number of carbonyl (C=O) groups is 1.